The van der Waals surface area contributed by atoms with Crippen molar-refractivity contribution in [2.45, 2.75) is 26.3 Å². The van der Waals surface area contributed by atoms with E-state index in [0.717, 1.165) is 33.4 Å². The van der Waals surface area contributed by atoms with E-state index in [0.29, 0.717) is 17.9 Å². The first kappa shape index (κ1) is 18.9. The lowest BCUT2D eigenvalue weighted by Gasteiger charge is -2.21. The molecule has 1 aliphatic rings. The zero-order valence-corrected chi connectivity index (χ0v) is 17.0. The topological polar surface area (TPSA) is 64.0 Å². The standard InChI is InChI=1S/C23H23N3O3/c1-14-18(11-16-7-5-6-8-19(16)24-14)20-13-21(26(25-20)15(2)27)17-9-10-22(28-3)23(12-17)29-4/h5-12,21H,13H2,1-4H3. The number of benzene rings is 2. The van der Waals surface area contributed by atoms with Crippen LogP contribution < -0.4 is 9.47 Å². The smallest absolute Gasteiger partial charge is 0.240 e. The number of ether oxygens (including phenoxy) is 2. The number of nitrogens with zero attached hydrogens (tertiary/aromatic N) is 3. The minimum absolute atomic E-state index is 0.105. The van der Waals surface area contributed by atoms with Crippen LogP contribution in [0.1, 0.15) is 36.2 Å². The third-order valence-electron chi connectivity index (χ3n) is 5.25. The molecule has 0 N–H and O–H groups in total. The summed E-state index contributed by atoms with van der Waals surface area (Å²) in [6.07, 6.45) is 0.607. The lowest BCUT2D eigenvalue weighted by molar-refractivity contribution is -0.130. The highest BCUT2D eigenvalue weighted by molar-refractivity contribution is 6.05. The molecule has 2 aromatic carbocycles. The monoisotopic (exact) mass is 389 g/mol. The minimum Gasteiger partial charge on any atom is -0.493 e. The maximum atomic E-state index is 12.3. The lowest BCUT2D eigenvalue weighted by atomic mass is 9.96. The van der Waals surface area contributed by atoms with Crippen molar-refractivity contribution in [3.8, 4) is 11.5 Å². The second-order valence-electron chi connectivity index (χ2n) is 7.06. The average Bonchev–Trinajstić information content (AvgIpc) is 3.18. The molecule has 1 unspecified atom stereocenters. The number of aromatic nitrogens is 1. The molecule has 4 rings (SSSR count). The predicted octanol–water partition coefficient (Wildman–Crippen LogP) is 4.26. The van der Waals surface area contributed by atoms with Gasteiger partial charge >= 0.3 is 0 Å². The van der Waals surface area contributed by atoms with Gasteiger partial charge in [0.05, 0.1) is 31.5 Å². The number of pyridine rings is 1. The summed E-state index contributed by atoms with van der Waals surface area (Å²) in [6, 6.07) is 15.6. The highest BCUT2D eigenvalue weighted by atomic mass is 16.5. The van der Waals surface area contributed by atoms with E-state index in [9.17, 15) is 4.79 Å². The van der Waals surface area contributed by atoms with E-state index in [4.69, 9.17) is 14.5 Å². The first-order chi connectivity index (χ1) is 14.0. The second kappa shape index (κ2) is 7.54. The molecule has 2 heterocycles. The summed E-state index contributed by atoms with van der Waals surface area (Å²) < 4.78 is 10.8. The van der Waals surface area contributed by atoms with Crippen molar-refractivity contribution < 1.29 is 14.3 Å². The van der Waals surface area contributed by atoms with Gasteiger partial charge in [-0.15, -0.1) is 0 Å². The van der Waals surface area contributed by atoms with Gasteiger partial charge in [0.1, 0.15) is 0 Å². The molecule has 0 radical (unpaired) electrons. The summed E-state index contributed by atoms with van der Waals surface area (Å²) in [5, 5.41) is 7.27. The van der Waals surface area contributed by atoms with E-state index >= 15 is 0 Å². The first-order valence-electron chi connectivity index (χ1n) is 9.47. The number of rotatable bonds is 4. The molecule has 0 bridgehead atoms. The fourth-order valence-corrected chi connectivity index (χ4v) is 3.79. The third kappa shape index (κ3) is 3.42. The Morgan fingerprint density at radius 1 is 1.07 bits per heavy atom. The Labute approximate surface area is 169 Å². The molecule has 0 spiro atoms. The second-order valence-corrected chi connectivity index (χ2v) is 7.06. The van der Waals surface area contributed by atoms with E-state index in [1.165, 1.54) is 6.92 Å². The van der Waals surface area contributed by atoms with Crippen LogP contribution in [0.25, 0.3) is 10.9 Å². The molecule has 3 aromatic rings. The van der Waals surface area contributed by atoms with Crippen molar-refractivity contribution in [2.24, 2.45) is 5.10 Å². The Morgan fingerprint density at radius 2 is 1.83 bits per heavy atom. The summed E-state index contributed by atoms with van der Waals surface area (Å²) >= 11 is 0. The van der Waals surface area contributed by atoms with Crippen LogP contribution >= 0.6 is 0 Å². The van der Waals surface area contributed by atoms with Crippen LogP contribution in [0.2, 0.25) is 0 Å². The van der Waals surface area contributed by atoms with Crippen LogP contribution in [-0.4, -0.2) is 35.8 Å². The van der Waals surface area contributed by atoms with E-state index < -0.39 is 0 Å². The molecule has 0 saturated heterocycles. The molecule has 1 amide bonds. The Kier molecular flexibility index (Phi) is 4.92. The largest absolute Gasteiger partial charge is 0.493 e. The Morgan fingerprint density at radius 3 is 2.55 bits per heavy atom. The summed E-state index contributed by atoms with van der Waals surface area (Å²) in [6.45, 7) is 3.51. The molecule has 0 saturated carbocycles. The van der Waals surface area contributed by atoms with Crippen LogP contribution in [0.15, 0.2) is 53.6 Å². The summed E-state index contributed by atoms with van der Waals surface area (Å²) in [5.74, 6) is 1.18. The zero-order chi connectivity index (χ0) is 20.5. The number of aryl methyl sites for hydroxylation is 1. The van der Waals surface area contributed by atoms with E-state index in [1.54, 1.807) is 19.2 Å². The van der Waals surface area contributed by atoms with Crippen LogP contribution in [0.4, 0.5) is 0 Å². The van der Waals surface area contributed by atoms with Gasteiger partial charge in [-0.1, -0.05) is 24.3 Å². The van der Waals surface area contributed by atoms with Gasteiger partial charge in [0.2, 0.25) is 5.91 Å². The number of hydrazone groups is 1. The number of hydrogen-bond donors (Lipinski definition) is 0. The molecular weight excluding hydrogens is 366 g/mol. The fraction of sp³-hybridized carbons (Fsp3) is 0.261. The maximum Gasteiger partial charge on any atom is 0.240 e. The van der Waals surface area contributed by atoms with Crippen LogP contribution in [0.5, 0.6) is 11.5 Å². The maximum absolute atomic E-state index is 12.3. The van der Waals surface area contributed by atoms with Crippen molar-refractivity contribution in [1.82, 2.24) is 9.99 Å². The molecule has 6 heteroatoms. The number of hydrogen-bond acceptors (Lipinski definition) is 5. The van der Waals surface area contributed by atoms with Gasteiger partial charge in [-0.3, -0.25) is 9.78 Å². The van der Waals surface area contributed by atoms with Crippen molar-refractivity contribution in [1.29, 1.82) is 0 Å². The molecule has 1 aliphatic heterocycles. The summed E-state index contributed by atoms with van der Waals surface area (Å²) in [5.41, 5.74) is 4.63. The van der Waals surface area contributed by atoms with Gasteiger partial charge < -0.3 is 9.47 Å². The van der Waals surface area contributed by atoms with Crippen molar-refractivity contribution >= 4 is 22.5 Å². The minimum atomic E-state index is -0.201. The third-order valence-corrected chi connectivity index (χ3v) is 5.25. The van der Waals surface area contributed by atoms with E-state index in [-0.39, 0.29) is 11.9 Å². The van der Waals surface area contributed by atoms with Gasteiger partial charge in [0, 0.05) is 30.0 Å². The van der Waals surface area contributed by atoms with Gasteiger partial charge in [0.15, 0.2) is 11.5 Å². The lowest BCUT2D eigenvalue weighted by Crippen LogP contribution is -2.24. The van der Waals surface area contributed by atoms with Crippen LogP contribution in [-0.2, 0) is 4.79 Å². The van der Waals surface area contributed by atoms with Gasteiger partial charge in [0.25, 0.3) is 0 Å². The zero-order valence-electron chi connectivity index (χ0n) is 17.0. The average molecular weight is 389 g/mol. The molecule has 0 fully saturated rings. The molecule has 1 aromatic heterocycles. The van der Waals surface area contributed by atoms with Crippen molar-refractivity contribution in [2.75, 3.05) is 14.2 Å². The summed E-state index contributed by atoms with van der Waals surface area (Å²) in [4.78, 5) is 17.0. The normalized spacial score (nSPS) is 16.1. The molecule has 6 nitrogen and oxygen atoms in total. The first-order valence-corrected chi connectivity index (χ1v) is 9.47. The quantitative estimate of drug-likeness (QED) is 0.669. The predicted molar refractivity (Wildman–Crippen MR) is 112 cm³/mol. The molecule has 1 atom stereocenters. The van der Waals surface area contributed by atoms with Crippen LogP contribution in [0.3, 0.4) is 0 Å². The van der Waals surface area contributed by atoms with E-state index in [2.05, 4.69) is 11.2 Å². The SMILES string of the molecule is COc1ccc(C2CC(c3cc4ccccc4nc3C)=NN2C(C)=O)cc1OC. The highest BCUT2D eigenvalue weighted by Crippen LogP contribution is 2.37. The van der Waals surface area contributed by atoms with E-state index in [1.807, 2.05) is 49.4 Å². The van der Waals surface area contributed by atoms with Crippen molar-refractivity contribution in [3.63, 3.8) is 0 Å². The number of carbonyl (C=O) groups excluding carboxylic acids is 1. The van der Waals surface area contributed by atoms with Crippen LogP contribution in [0, 0.1) is 6.92 Å². The molecule has 148 valence electrons. The Bertz CT molecular complexity index is 1120. The number of para-hydroxylation sites is 1. The number of amides is 1. The fourth-order valence-electron chi connectivity index (χ4n) is 3.79. The molecule has 29 heavy (non-hydrogen) atoms. The van der Waals surface area contributed by atoms with Gasteiger partial charge in [-0.2, -0.15) is 5.10 Å². The van der Waals surface area contributed by atoms with Crippen molar-refractivity contribution in [3.05, 3.63) is 65.4 Å². The Hall–Kier alpha value is -3.41. The number of methoxy groups -OCH3 is 2. The van der Waals surface area contributed by atoms with Gasteiger partial charge in [-0.05, 0) is 36.8 Å². The Balaban J connectivity index is 1.74. The molecular formula is C23H23N3O3. The summed E-state index contributed by atoms with van der Waals surface area (Å²) in [7, 11) is 3.21. The highest BCUT2D eigenvalue weighted by Gasteiger charge is 2.32. The van der Waals surface area contributed by atoms with Gasteiger partial charge in [-0.25, -0.2) is 5.01 Å². The number of fused-ring (bicyclic) bond motifs is 1. The number of carbonyl (C=O) groups is 1. The molecule has 0 aliphatic carbocycles.